The van der Waals surface area contributed by atoms with E-state index in [9.17, 15) is 14.9 Å². The Labute approximate surface area is 192 Å². The molecule has 2 heterocycles. The quantitative estimate of drug-likeness (QED) is 0.186. The highest BCUT2D eigenvalue weighted by molar-refractivity contribution is 7.99. The van der Waals surface area contributed by atoms with Gasteiger partial charge < -0.3 is 5.32 Å². The lowest BCUT2D eigenvalue weighted by molar-refractivity contribution is -0.384. The van der Waals surface area contributed by atoms with Gasteiger partial charge in [0.15, 0.2) is 11.0 Å². The van der Waals surface area contributed by atoms with Crippen molar-refractivity contribution in [3.05, 3.63) is 62.3 Å². The Morgan fingerprint density at radius 3 is 2.84 bits per heavy atom. The molecule has 1 amide bonds. The van der Waals surface area contributed by atoms with Crippen molar-refractivity contribution in [1.82, 2.24) is 14.8 Å². The molecule has 0 aliphatic carbocycles. The molecular weight excluding hydrogens is 458 g/mol. The van der Waals surface area contributed by atoms with Gasteiger partial charge in [-0.2, -0.15) is 0 Å². The summed E-state index contributed by atoms with van der Waals surface area (Å²) in [6.45, 7) is 8.58. The minimum absolute atomic E-state index is 0.0106. The van der Waals surface area contributed by atoms with Gasteiger partial charge in [0.05, 0.1) is 10.7 Å². The summed E-state index contributed by atoms with van der Waals surface area (Å²) in [5, 5.41) is 24.8. The van der Waals surface area contributed by atoms with Crippen molar-refractivity contribution in [2.45, 2.75) is 31.5 Å². The second kappa shape index (κ2) is 10.1. The molecule has 0 spiro atoms. The number of halogens is 1. The summed E-state index contributed by atoms with van der Waals surface area (Å²) in [6.07, 6.45) is 1.75. The smallest absolute Gasteiger partial charge is 0.289 e. The molecule has 0 fully saturated rings. The maximum Gasteiger partial charge on any atom is 0.289 e. The Hall–Kier alpha value is -2.69. The van der Waals surface area contributed by atoms with Crippen LogP contribution in [0.3, 0.4) is 0 Å². The van der Waals surface area contributed by atoms with Crippen LogP contribution in [-0.4, -0.2) is 31.3 Å². The highest BCUT2D eigenvalue weighted by Crippen LogP contribution is 2.31. The molecule has 0 aliphatic rings. The molecule has 0 saturated carbocycles. The molecule has 0 radical (unpaired) electrons. The minimum Gasteiger partial charge on any atom is -0.325 e. The normalized spacial score (nSPS) is 11.0. The van der Waals surface area contributed by atoms with E-state index in [0.717, 1.165) is 11.4 Å². The van der Waals surface area contributed by atoms with Crippen LogP contribution < -0.4 is 5.32 Å². The van der Waals surface area contributed by atoms with Crippen LogP contribution in [0.1, 0.15) is 24.6 Å². The zero-order chi connectivity index (χ0) is 22.5. The van der Waals surface area contributed by atoms with Gasteiger partial charge in [0.2, 0.25) is 5.91 Å². The average molecular weight is 478 g/mol. The van der Waals surface area contributed by atoms with Gasteiger partial charge in [-0.3, -0.25) is 19.5 Å². The number of carbonyl (C=O) groups excluding carboxylic acids is 1. The first kappa shape index (κ1) is 23.0. The van der Waals surface area contributed by atoms with Gasteiger partial charge in [0.25, 0.3) is 5.69 Å². The number of thiophene rings is 1. The molecule has 162 valence electrons. The molecule has 11 heteroatoms. The zero-order valence-electron chi connectivity index (χ0n) is 16.9. The van der Waals surface area contributed by atoms with Crippen LogP contribution in [0.15, 0.2) is 47.5 Å². The first-order valence-corrected chi connectivity index (χ1v) is 11.5. The largest absolute Gasteiger partial charge is 0.325 e. The highest BCUT2D eigenvalue weighted by atomic mass is 35.5. The molecule has 1 N–H and O–H groups in total. The van der Waals surface area contributed by atoms with Crippen LogP contribution in [0.4, 0.5) is 11.4 Å². The van der Waals surface area contributed by atoms with Gasteiger partial charge in [-0.05, 0) is 24.1 Å². The van der Waals surface area contributed by atoms with Gasteiger partial charge in [-0.25, -0.2) is 0 Å². The second-order valence-corrected chi connectivity index (χ2v) is 9.15. The summed E-state index contributed by atoms with van der Waals surface area (Å²) in [5.74, 6) is 0.885. The third-order valence-electron chi connectivity index (χ3n) is 4.23. The van der Waals surface area contributed by atoms with Crippen LogP contribution in [0.25, 0.3) is 11.4 Å². The maximum absolute atomic E-state index is 12.4. The summed E-state index contributed by atoms with van der Waals surface area (Å²) in [7, 11) is 0. The third kappa shape index (κ3) is 5.52. The second-order valence-electron chi connectivity index (χ2n) is 6.86. The van der Waals surface area contributed by atoms with Gasteiger partial charge in [0, 0.05) is 34.1 Å². The SMILES string of the molecule is C=CCn1c(SCC(=O)Nc2ccc(Cl)c([N+](=O)[O-])c2)nnc1-c1csc(C(C)C)c1. The number of hydrogen-bond donors (Lipinski definition) is 1. The van der Waals surface area contributed by atoms with Crippen LogP contribution >= 0.6 is 34.7 Å². The Morgan fingerprint density at radius 1 is 1.42 bits per heavy atom. The van der Waals surface area contributed by atoms with Gasteiger partial charge in [0.1, 0.15) is 5.02 Å². The van der Waals surface area contributed by atoms with Crippen LogP contribution in [0.5, 0.6) is 0 Å². The number of aromatic nitrogens is 3. The van der Waals surface area contributed by atoms with E-state index in [1.165, 1.54) is 34.8 Å². The van der Waals surface area contributed by atoms with Crippen LogP contribution in [-0.2, 0) is 11.3 Å². The number of allylic oxidation sites excluding steroid dienone is 1. The Kier molecular flexibility index (Phi) is 7.47. The lowest BCUT2D eigenvalue weighted by Crippen LogP contribution is -2.14. The molecule has 8 nitrogen and oxygen atoms in total. The predicted molar refractivity (Wildman–Crippen MR) is 125 cm³/mol. The zero-order valence-corrected chi connectivity index (χ0v) is 19.3. The molecule has 1 aromatic carbocycles. The number of rotatable bonds is 9. The first-order valence-electron chi connectivity index (χ1n) is 9.29. The summed E-state index contributed by atoms with van der Waals surface area (Å²) < 4.78 is 1.91. The topological polar surface area (TPSA) is 103 Å². The van der Waals surface area contributed by atoms with Crippen molar-refractivity contribution in [2.75, 3.05) is 11.1 Å². The lowest BCUT2D eigenvalue weighted by atomic mass is 10.1. The van der Waals surface area contributed by atoms with Gasteiger partial charge >= 0.3 is 0 Å². The number of carbonyl (C=O) groups is 1. The van der Waals surface area contributed by atoms with E-state index >= 15 is 0 Å². The maximum atomic E-state index is 12.4. The molecule has 0 atom stereocenters. The van der Waals surface area contributed by atoms with Crippen molar-refractivity contribution in [3.8, 4) is 11.4 Å². The number of nitrogens with zero attached hydrogens (tertiary/aromatic N) is 4. The Bertz CT molecular complexity index is 1130. The van der Waals surface area contributed by atoms with Crippen molar-refractivity contribution >= 4 is 52.0 Å². The van der Waals surface area contributed by atoms with E-state index in [-0.39, 0.29) is 22.4 Å². The summed E-state index contributed by atoms with van der Waals surface area (Å²) in [4.78, 5) is 24.0. The number of amides is 1. The molecule has 31 heavy (non-hydrogen) atoms. The highest BCUT2D eigenvalue weighted by Gasteiger charge is 2.18. The minimum atomic E-state index is -0.596. The van der Waals surface area contributed by atoms with Crippen LogP contribution in [0.2, 0.25) is 5.02 Å². The molecule has 3 aromatic rings. The fourth-order valence-corrected chi connectivity index (χ4v) is 4.57. The van der Waals surface area contributed by atoms with Gasteiger partial charge in [-0.1, -0.05) is 43.3 Å². The van der Waals surface area contributed by atoms with E-state index in [2.05, 4.69) is 42.0 Å². The lowest BCUT2D eigenvalue weighted by Gasteiger charge is -2.08. The molecule has 0 saturated heterocycles. The van der Waals surface area contributed by atoms with E-state index in [1.807, 2.05) is 9.95 Å². The Morgan fingerprint density at radius 2 is 2.19 bits per heavy atom. The number of nitro groups is 1. The van der Waals surface area contributed by atoms with E-state index in [0.29, 0.717) is 23.3 Å². The molecule has 0 unspecified atom stereocenters. The standard InChI is InChI=1S/C20H20ClN5O3S2/c1-4-7-25-19(13-8-17(12(2)3)30-10-13)23-24-20(25)31-11-18(27)22-14-5-6-15(21)16(9-14)26(28)29/h4-6,8-10,12H,1,7,11H2,2-3H3,(H,22,27). The number of benzene rings is 1. The third-order valence-corrected chi connectivity index (χ3v) is 6.75. The van der Waals surface area contributed by atoms with Crippen molar-refractivity contribution in [1.29, 1.82) is 0 Å². The average Bonchev–Trinajstić information content (AvgIpc) is 3.35. The van der Waals surface area contributed by atoms with E-state index in [1.54, 1.807) is 17.4 Å². The molecular formula is C20H20ClN5O3S2. The van der Waals surface area contributed by atoms with Crippen LogP contribution in [0, 0.1) is 10.1 Å². The fraction of sp³-hybridized carbons (Fsp3) is 0.250. The van der Waals surface area contributed by atoms with Crippen molar-refractivity contribution in [3.63, 3.8) is 0 Å². The van der Waals surface area contributed by atoms with E-state index < -0.39 is 4.92 Å². The molecule has 2 aromatic heterocycles. The molecule has 3 rings (SSSR count). The van der Waals surface area contributed by atoms with E-state index in [4.69, 9.17) is 11.6 Å². The van der Waals surface area contributed by atoms with Gasteiger partial charge in [-0.15, -0.1) is 28.1 Å². The summed E-state index contributed by atoms with van der Waals surface area (Å²) >= 11 is 8.71. The Balaban J connectivity index is 1.72. The van der Waals surface area contributed by atoms with Crippen molar-refractivity contribution in [2.24, 2.45) is 0 Å². The number of nitro benzene ring substituents is 1. The fourth-order valence-electron chi connectivity index (χ4n) is 2.73. The predicted octanol–water partition coefficient (Wildman–Crippen LogP) is 5.61. The summed E-state index contributed by atoms with van der Waals surface area (Å²) in [5.41, 5.74) is 1.02. The molecule has 0 bridgehead atoms. The number of anilines is 1. The van der Waals surface area contributed by atoms with Crippen molar-refractivity contribution < 1.29 is 9.72 Å². The number of nitrogens with one attached hydrogen (secondary N) is 1. The number of thioether (sulfide) groups is 1. The monoisotopic (exact) mass is 477 g/mol. The number of hydrogen-bond acceptors (Lipinski definition) is 7. The first-order chi connectivity index (χ1) is 14.8. The molecule has 0 aliphatic heterocycles. The summed E-state index contributed by atoms with van der Waals surface area (Å²) in [6, 6.07) is 6.22.